The van der Waals surface area contributed by atoms with E-state index in [4.69, 9.17) is 0 Å². The van der Waals surface area contributed by atoms with E-state index in [1.165, 1.54) is 24.1 Å². The topological polar surface area (TPSA) is 12.0 Å². The van der Waals surface area contributed by atoms with Gasteiger partial charge in [-0.25, -0.2) is 0 Å². The first-order chi connectivity index (χ1) is 5.90. The van der Waals surface area contributed by atoms with Gasteiger partial charge in [-0.2, -0.15) is 0 Å². The van der Waals surface area contributed by atoms with Gasteiger partial charge in [-0.3, -0.25) is 0 Å². The summed E-state index contributed by atoms with van der Waals surface area (Å²) in [6, 6.07) is 5.79. The first-order valence-corrected chi connectivity index (χ1v) is 5.57. The number of rotatable bonds is 4. The molecule has 1 aliphatic rings. The molecule has 2 rings (SSSR count). The fourth-order valence-electron chi connectivity index (χ4n) is 1.43. The van der Waals surface area contributed by atoms with Gasteiger partial charge in [-0.15, -0.1) is 11.3 Å². The number of thiophene rings is 1. The van der Waals surface area contributed by atoms with Crippen LogP contribution >= 0.6 is 11.3 Å². The Kier molecular flexibility index (Phi) is 2.47. The van der Waals surface area contributed by atoms with Gasteiger partial charge in [0, 0.05) is 17.0 Å². The second-order valence-electron chi connectivity index (χ2n) is 3.42. The SMILES string of the molecule is CCC(NC1CC1)c1cccs1. The minimum atomic E-state index is 0.609. The quantitative estimate of drug-likeness (QED) is 0.753. The lowest BCUT2D eigenvalue weighted by Crippen LogP contribution is -2.21. The van der Waals surface area contributed by atoms with Gasteiger partial charge in [-0.1, -0.05) is 13.0 Å². The van der Waals surface area contributed by atoms with Crippen molar-refractivity contribution in [3.8, 4) is 0 Å². The van der Waals surface area contributed by atoms with Crippen molar-refractivity contribution in [1.82, 2.24) is 5.32 Å². The summed E-state index contributed by atoms with van der Waals surface area (Å²) in [6.45, 7) is 2.25. The van der Waals surface area contributed by atoms with Gasteiger partial charge in [0.15, 0.2) is 0 Å². The van der Waals surface area contributed by atoms with Crippen LogP contribution in [0.4, 0.5) is 0 Å². The fourth-order valence-corrected chi connectivity index (χ4v) is 2.30. The summed E-state index contributed by atoms with van der Waals surface area (Å²) in [5.74, 6) is 0. The lowest BCUT2D eigenvalue weighted by Gasteiger charge is -2.14. The molecule has 0 radical (unpaired) electrons. The highest BCUT2D eigenvalue weighted by Crippen LogP contribution is 2.27. The molecule has 1 unspecified atom stereocenters. The van der Waals surface area contributed by atoms with Gasteiger partial charge in [0.05, 0.1) is 0 Å². The van der Waals surface area contributed by atoms with Gasteiger partial charge in [-0.05, 0) is 30.7 Å². The molecule has 0 aromatic carbocycles. The third-order valence-corrected chi connectivity index (χ3v) is 3.30. The third kappa shape index (κ3) is 1.87. The van der Waals surface area contributed by atoms with Crippen LogP contribution in [0.15, 0.2) is 17.5 Å². The Bertz CT molecular complexity index is 226. The van der Waals surface area contributed by atoms with Crippen LogP contribution in [0.1, 0.15) is 37.1 Å². The highest BCUT2D eigenvalue weighted by atomic mass is 32.1. The molecule has 12 heavy (non-hydrogen) atoms. The number of nitrogens with one attached hydrogen (secondary N) is 1. The lowest BCUT2D eigenvalue weighted by molar-refractivity contribution is 0.524. The molecule has 2 heteroatoms. The largest absolute Gasteiger partial charge is 0.306 e. The predicted octanol–water partition coefficient (Wildman–Crippen LogP) is 2.95. The van der Waals surface area contributed by atoms with E-state index in [-0.39, 0.29) is 0 Å². The van der Waals surface area contributed by atoms with Gasteiger partial charge in [0.25, 0.3) is 0 Å². The average molecular weight is 181 g/mol. The van der Waals surface area contributed by atoms with Crippen molar-refractivity contribution in [3.63, 3.8) is 0 Å². The Balaban J connectivity index is 1.97. The van der Waals surface area contributed by atoms with Crippen LogP contribution < -0.4 is 5.32 Å². The second kappa shape index (κ2) is 3.58. The third-order valence-electron chi connectivity index (χ3n) is 2.31. The maximum Gasteiger partial charge on any atom is 0.0414 e. The zero-order valence-electron chi connectivity index (χ0n) is 7.42. The first kappa shape index (κ1) is 8.27. The van der Waals surface area contributed by atoms with E-state index in [1.54, 1.807) is 0 Å². The maximum absolute atomic E-state index is 3.65. The molecule has 66 valence electrons. The van der Waals surface area contributed by atoms with Crippen LogP contribution in [-0.2, 0) is 0 Å². The van der Waals surface area contributed by atoms with Crippen molar-refractivity contribution < 1.29 is 0 Å². The Morgan fingerprint density at radius 1 is 1.67 bits per heavy atom. The number of hydrogen-bond acceptors (Lipinski definition) is 2. The maximum atomic E-state index is 3.65. The highest BCUT2D eigenvalue weighted by Gasteiger charge is 2.24. The van der Waals surface area contributed by atoms with Crippen molar-refractivity contribution >= 4 is 11.3 Å². The van der Waals surface area contributed by atoms with E-state index in [9.17, 15) is 0 Å². The molecule has 1 aromatic rings. The van der Waals surface area contributed by atoms with Crippen molar-refractivity contribution in [2.45, 2.75) is 38.3 Å². The van der Waals surface area contributed by atoms with E-state index < -0.39 is 0 Å². The zero-order valence-corrected chi connectivity index (χ0v) is 8.23. The van der Waals surface area contributed by atoms with Crippen molar-refractivity contribution in [2.75, 3.05) is 0 Å². The van der Waals surface area contributed by atoms with E-state index in [1.807, 2.05) is 11.3 Å². The molecule has 0 amide bonds. The normalized spacial score (nSPS) is 19.4. The summed E-state index contributed by atoms with van der Waals surface area (Å²) >= 11 is 1.86. The smallest absolute Gasteiger partial charge is 0.0414 e. The summed E-state index contributed by atoms with van der Waals surface area (Å²) in [4.78, 5) is 1.49. The zero-order chi connectivity index (χ0) is 8.39. The molecule has 1 aromatic heterocycles. The van der Waals surface area contributed by atoms with Crippen molar-refractivity contribution in [1.29, 1.82) is 0 Å². The molecule has 1 saturated carbocycles. The van der Waals surface area contributed by atoms with Crippen LogP contribution in [0.25, 0.3) is 0 Å². The predicted molar refractivity (Wildman–Crippen MR) is 53.5 cm³/mol. The molecular formula is C10H15NS. The van der Waals surface area contributed by atoms with Crippen molar-refractivity contribution in [2.24, 2.45) is 0 Å². The molecule has 0 spiro atoms. The average Bonchev–Trinajstić information content (AvgIpc) is 2.74. The molecule has 0 saturated heterocycles. The summed E-state index contributed by atoms with van der Waals surface area (Å²) in [6.07, 6.45) is 3.96. The van der Waals surface area contributed by atoms with Gasteiger partial charge < -0.3 is 5.32 Å². The van der Waals surface area contributed by atoms with Gasteiger partial charge in [0.1, 0.15) is 0 Å². The van der Waals surface area contributed by atoms with Crippen LogP contribution in [0.3, 0.4) is 0 Å². The molecule has 1 N–H and O–H groups in total. The molecular weight excluding hydrogens is 166 g/mol. The van der Waals surface area contributed by atoms with Crippen molar-refractivity contribution in [3.05, 3.63) is 22.4 Å². The van der Waals surface area contributed by atoms with Crippen LogP contribution in [0.2, 0.25) is 0 Å². The Labute approximate surface area is 77.8 Å². The monoisotopic (exact) mass is 181 g/mol. The van der Waals surface area contributed by atoms with Gasteiger partial charge >= 0.3 is 0 Å². The molecule has 1 aliphatic carbocycles. The minimum absolute atomic E-state index is 0.609. The molecule has 1 fully saturated rings. The molecule has 0 aliphatic heterocycles. The summed E-state index contributed by atoms with van der Waals surface area (Å²) in [5.41, 5.74) is 0. The van der Waals surface area contributed by atoms with Crippen LogP contribution in [0, 0.1) is 0 Å². The second-order valence-corrected chi connectivity index (χ2v) is 4.40. The fraction of sp³-hybridized carbons (Fsp3) is 0.600. The van der Waals surface area contributed by atoms with E-state index in [2.05, 4.69) is 29.8 Å². The van der Waals surface area contributed by atoms with Crippen LogP contribution in [0.5, 0.6) is 0 Å². The minimum Gasteiger partial charge on any atom is -0.306 e. The van der Waals surface area contributed by atoms with E-state index >= 15 is 0 Å². The summed E-state index contributed by atoms with van der Waals surface area (Å²) < 4.78 is 0. The highest BCUT2D eigenvalue weighted by molar-refractivity contribution is 7.10. The molecule has 1 atom stereocenters. The Morgan fingerprint density at radius 2 is 2.50 bits per heavy atom. The van der Waals surface area contributed by atoms with E-state index in [0.717, 1.165) is 6.04 Å². The first-order valence-electron chi connectivity index (χ1n) is 4.69. The summed E-state index contributed by atoms with van der Waals surface area (Å²) in [7, 11) is 0. The molecule has 1 heterocycles. The van der Waals surface area contributed by atoms with Gasteiger partial charge in [0.2, 0.25) is 0 Å². The summed E-state index contributed by atoms with van der Waals surface area (Å²) in [5, 5.41) is 5.81. The molecule has 1 nitrogen and oxygen atoms in total. The van der Waals surface area contributed by atoms with E-state index in [0.29, 0.717) is 6.04 Å². The Hall–Kier alpha value is -0.340. The number of hydrogen-bond donors (Lipinski definition) is 1. The molecule has 0 bridgehead atoms. The van der Waals surface area contributed by atoms with Crippen LogP contribution in [-0.4, -0.2) is 6.04 Å². The Morgan fingerprint density at radius 3 is 3.00 bits per heavy atom. The lowest BCUT2D eigenvalue weighted by atomic mass is 10.2. The standard InChI is InChI=1S/C10H15NS/c1-2-9(11-8-5-6-8)10-4-3-7-12-10/h3-4,7-9,11H,2,5-6H2,1H3.